The predicted molar refractivity (Wildman–Crippen MR) is 73.4 cm³/mol. The van der Waals surface area contributed by atoms with Crippen LogP contribution in [0.4, 0.5) is 11.5 Å². The minimum absolute atomic E-state index is 0.0192. The van der Waals surface area contributed by atoms with Crippen LogP contribution >= 0.6 is 0 Å². The number of imidazole rings is 1. The second-order valence-corrected chi connectivity index (χ2v) is 4.48. The van der Waals surface area contributed by atoms with E-state index < -0.39 is 4.92 Å². The minimum Gasteiger partial charge on any atom is -0.358 e. The maximum absolute atomic E-state index is 11.9. The summed E-state index contributed by atoms with van der Waals surface area (Å²) < 4.78 is 1.38. The van der Waals surface area contributed by atoms with Crippen LogP contribution in [0.25, 0.3) is 0 Å². The van der Waals surface area contributed by atoms with Crippen LogP contribution in [-0.2, 0) is 11.3 Å². The van der Waals surface area contributed by atoms with E-state index in [1.807, 2.05) is 32.0 Å². The van der Waals surface area contributed by atoms with Gasteiger partial charge in [0.15, 0.2) is 0 Å². The van der Waals surface area contributed by atoms with Crippen LogP contribution in [0.1, 0.15) is 11.1 Å². The van der Waals surface area contributed by atoms with Crippen molar-refractivity contribution in [3.05, 3.63) is 52.0 Å². The lowest BCUT2D eigenvalue weighted by Gasteiger charge is -2.11. The molecular weight excluding hydrogens is 260 g/mol. The summed E-state index contributed by atoms with van der Waals surface area (Å²) in [7, 11) is 0. The highest BCUT2D eigenvalue weighted by Crippen LogP contribution is 2.19. The molecule has 1 aromatic heterocycles. The number of nitro groups is 1. The molecule has 0 radical (unpaired) electrons. The average Bonchev–Trinajstić information content (AvgIpc) is 2.82. The Morgan fingerprint density at radius 2 is 2.05 bits per heavy atom. The second-order valence-electron chi connectivity index (χ2n) is 4.48. The number of carbonyl (C=O) groups excluding carboxylic acids is 1. The van der Waals surface area contributed by atoms with E-state index in [2.05, 4.69) is 10.3 Å². The molecule has 20 heavy (non-hydrogen) atoms. The van der Waals surface area contributed by atoms with Crippen molar-refractivity contribution < 1.29 is 9.72 Å². The second kappa shape index (κ2) is 5.52. The lowest BCUT2D eigenvalue weighted by Crippen LogP contribution is -2.19. The number of nitrogens with zero attached hydrogens (tertiary/aromatic N) is 3. The molecule has 1 aromatic carbocycles. The van der Waals surface area contributed by atoms with Gasteiger partial charge >= 0.3 is 5.82 Å². The summed E-state index contributed by atoms with van der Waals surface area (Å²) in [5.74, 6) is -0.528. The first-order chi connectivity index (χ1) is 9.47. The monoisotopic (exact) mass is 274 g/mol. The molecular formula is C13H14N4O3. The number of hydrogen-bond donors (Lipinski definition) is 1. The van der Waals surface area contributed by atoms with Crippen LogP contribution in [0.2, 0.25) is 0 Å². The van der Waals surface area contributed by atoms with Gasteiger partial charge in [0.1, 0.15) is 12.7 Å². The number of rotatable bonds is 4. The molecule has 0 bridgehead atoms. The summed E-state index contributed by atoms with van der Waals surface area (Å²) in [6.07, 6.45) is 2.49. The van der Waals surface area contributed by atoms with E-state index in [0.717, 1.165) is 16.8 Å². The van der Waals surface area contributed by atoms with Crippen molar-refractivity contribution in [3.8, 4) is 0 Å². The molecule has 0 unspecified atom stereocenters. The van der Waals surface area contributed by atoms with Crippen molar-refractivity contribution in [2.24, 2.45) is 0 Å². The molecule has 0 saturated carbocycles. The number of hydrogen-bond acceptors (Lipinski definition) is 4. The Hall–Kier alpha value is -2.70. The van der Waals surface area contributed by atoms with Crippen LogP contribution in [0, 0.1) is 24.0 Å². The third-order valence-corrected chi connectivity index (χ3v) is 2.88. The molecule has 104 valence electrons. The molecule has 0 atom stereocenters. The fourth-order valence-electron chi connectivity index (χ4n) is 1.89. The van der Waals surface area contributed by atoms with Crippen molar-refractivity contribution in [1.29, 1.82) is 0 Å². The normalized spacial score (nSPS) is 10.3. The number of benzene rings is 1. The molecule has 0 fully saturated rings. The Labute approximate surface area is 115 Å². The largest absolute Gasteiger partial charge is 0.381 e. The first-order valence-electron chi connectivity index (χ1n) is 5.99. The zero-order valence-electron chi connectivity index (χ0n) is 11.2. The first-order valence-corrected chi connectivity index (χ1v) is 5.99. The van der Waals surface area contributed by atoms with Gasteiger partial charge in [-0.05, 0) is 34.9 Å². The van der Waals surface area contributed by atoms with Gasteiger partial charge in [-0.3, -0.25) is 4.79 Å². The summed E-state index contributed by atoms with van der Waals surface area (Å²) in [6.45, 7) is 3.80. The highest BCUT2D eigenvalue weighted by Gasteiger charge is 2.13. The zero-order chi connectivity index (χ0) is 14.7. The number of aryl methyl sites for hydroxylation is 2. The van der Waals surface area contributed by atoms with Crippen LogP contribution in [-0.4, -0.2) is 20.4 Å². The van der Waals surface area contributed by atoms with Crippen molar-refractivity contribution in [2.45, 2.75) is 20.4 Å². The minimum atomic E-state index is -0.597. The van der Waals surface area contributed by atoms with Gasteiger partial charge in [-0.25, -0.2) is 0 Å². The number of amides is 1. The van der Waals surface area contributed by atoms with Crippen molar-refractivity contribution in [1.82, 2.24) is 9.55 Å². The third kappa shape index (κ3) is 3.00. The molecule has 2 aromatic rings. The molecule has 0 saturated heterocycles. The topological polar surface area (TPSA) is 90.1 Å². The molecule has 0 spiro atoms. The molecule has 7 heteroatoms. The van der Waals surface area contributed by atoms with Gasteiger partial charge < -0.3 is 20.0 Å². The van der Waals surface area contributed by atoms with Gasteiger partial charge in [0.25, 0.3) is 0 Å². The summed E-state index contributed by atoms with van der Waals surface area (Å²) in [5.41, 5.74) is 2.71. The van der Waals surface area contributed by atoms with Crippen molar-refractivity contribution in [3.63, 3.8) is 0 Å². The van der Waals surface area contributed by atoms with Crippen LogP contribution in [0.3, 0.4) is 0 Å². The molecule has 7 nitrogen and oxygen atoms in total. The summed E-state index contributed by atoms with van der Waals surface area (Å²) in [5, 5.41) is 13.3. The fraction of sp³-hybridized carbons (Fsp3) is 0.231. The maximum Gasteiger partial charge on any atom is 0.381 e. The van der Waals surface area contributed by atoms with Gasteiger partial charge in [0, 0.05) is 5.69 Å². The summed E-state index contributed by atoms with van der Waals surface area (Å²) in [4.78, 5) is 25.4. The molecule has 2 rings (SSSR count). The standard InChI is InChI=1S/C13H14N4O3/c1-9-4-3-5-10(2)13(9)15-12(18)7-16-6-11(14-8-16)17(19)20/h3-6,8H,7H2,1-2H3,(H,15,18). The smallest absolute Gasteiger partial charge is 0.358 e. The highest BCUT2D eigenvalue weighted by molar-refractivity contribution is 5.92. The average molecular weight is 274 g/mol. The lowest BCUT2D eigenvalue weighted by molar-refractivity contribution is -0.389. The predicted octanol–water partition coefficient (Wildman–Crippen LogP) is 2.05. The molecule has 1 N–H and O–H groups in total. The van der Waals surface area contributed by atoms with E-state index in [1.54, 1.807) is 0 Å². The Kier molecular flexibility index (Phi) is 3.79. The first kappa shape index (κ1) is 13.7. The van der Waals surface area contributed by atoms with Gasteiger partial charge in [0.2, 0.25) is 12.2 Å². The molecule has 0 aliphatic rings. The molecule has 1 amide bonds. The third-order valence-electron chi connectivity index (χ3n) is 2.88. The van der Waals surface area contributed by atoms with Crippen LogP contribution in [0.15, 0.2) is 30.7 Å². The number of para-hydroxylation sites is 1. The highest BCUT2D eigenvalue weighted by atomic mass is 16.6. The number of carbonyl (C=O) groups is 1. The Bertz CT molecular complexity index is 643. The quantitative estimate of drug-likeness (QED) is 0.682. The Morgan fingerprint density at radius 3 is 2.60 bits per heavy atom. The van der Waals surface area contributed by atoms with Gasteiger partial charge in [-0.1, -0.05) is 18.2 Å². The van der Waals surface area contributed by atoms with E-state index in [0.29, 0.717) is 0 Å². The maximum atomic E-state index is 11.9. The lowest BCUT2D eigenvalue weighted by atomic mass is 10.1. The summed E-state index contributed by atoms with van der Waals surface area (Å²) >= 11 is 0. The van der Waals surface area contributed by atoms with Crippen molar-refractivity contribution in [2.75, 3.05) is 5.32 Å². The number of nitrogens with one attached hydrogen (secondary N) is 1. The molecule has 0 aliphatic heterocycles. The fourth-order valence-corrected chi connectivity index (χ4v) is 1.89. The Balaban J connectivity index is 2.07. The SMILES string of the molecule is Cc1cccc(C)c1NC(=O)Cn1cnc([N+](=O)[O-])c1. The van der Waals surface area contributed by atoms with Gasteiger partial charge in [-0.15, -0.1) is 0 Å². The number of anilines is 1. The zero-order valence-corrected chi connectivity index (χ0v) is 11.2. The van der Waals surface area contributed by atoms with Gasteiger partial charge in [0.05, 0.1) is 0 Å². The van der Waals surface area contributed by atoms with Crippen LogP contribution < -0.4 is 5.32 Å². The Morgan fingerprint density at radius 1 is 1.40 bits per heavy atom. The van der Waals surface area contributed by atoms with E-state index in [9.17, 15) is 14.9 Å². The van der Waals surface area contributed by atoms with Crippen LogP contribution in [0.5, 0.6) is 0 Å². The summed E-state index contributed by atoms with van der Waals surface area (Å²) in [6, 6.07) is 5.73. The van der Waals surface area contributed by atoms with E-state index in [4.69, 9.17) is 0 Å². The molecule has 1 heterocycles. The van der Waals surface area contributed by atoms with E-state index in [1.165, 1.54) is 17.1 Å². The number of aromatic nitrogens is 2. The van der Waals surface area contributed by atoms with E-state index in [-0.39, 0.29) is 18.3 Å². The molecule has 0 aliphatic carbocycles. The van der Waals surface area contributed by atoms with Gasteiger partial charge in [-0.2, -0.15) is 0 Å². The van der Waals surface area contributed by atoms with Crippen molar-refractivity contribution >= 4 is 17.4 Å². The van der Waals surface area contributed by atoms with E-state index >= 15 is 0 Å².